The van der Waals surface area contributed by atoms with Gasteiger partial charge in [0, 0.05) is 12.2 Å². The highest BCUT2D eigenvalue weighted by molar-refractivity contribution is 5.97. The molecule has 0 saturated carbocycles. The van der Waals surface area contributed by atoms with Crippen molar-refractivity contribution < 1.29 is 4.79 Å². The second kappa shape index (κ2) is 5.53. The quantitative estimate of drug-likeness (QED) is 0.818. The Bertz CT molecular complexity index is 430. The van der Waals surface area contributed by atoms with Gasteiger partial charge >= 0.3 is 0 Å². The van der Waals surface area contributed by atoms with Gasteiger partial charge in [0.1, 0.15) is 0 Å². The second-order valence-corrected chi connectivity index (χ2v) is 5.06. The van der Waals surface area contributed by atoms with Crippen LogP contribution in [-0.2, 0) is 4.79 Å². The first-order chi connectivity index (χ1) is 8.63. The van der Waals surface area contributed by atoms with E-state index in [1.165, 1.54) is 5.56 Å². The summed E-state index contributed by atoms with van der Waals surface area (Å²) >= 11 is 0. The van der Waals surface area contributed by atoms with E-state index in [1.54, 1.807) is 0 Å². The molecule has 0 radical (unpaired) electrons. The van der Waals surface area contributed by atoms with Gasteiger partial charge in [-0.25, -0.2) is 0 Å². The van der Waals surface area contributed by atoms with Crippen molar-refractivity contribution >= 4 is 11.6 Å². The fourth-order valence-corrected chi connectivity index (χ4v) is 2.66. The number of carbonyl (C=O) groups is 1. The van der Waals surface area contributed by atoms with Crippen LogP contribution in [0.3, 0.4) is 0 Å². The molecule has 1 saturated heterocycles. The number of likely N-dealkylation sites (tertiary alicyclic amines) is 1. The Balaban J connectivity index is 2.20. The third-order valence-corrected chi connectivity index (χ3v) is 3.70. The summed E-state index contributed by atoms with van der Waals surface area (Å²) in [6, 6.07) is 8.23. The number of likely N-dealkylation sites (N-methyl/N-ethyl adjacent to an activating group) is 2. The molecule has 0 bridgehead atoms. The maximum Gasteiger partial charge on any atom is 0.244 e. The minimum Gasteiger partial charge on any atom is -0.311 e. The Labute approximate surface area is 109 Å². The smallest absolute Gasteiger partial charge is 0.244 e. The summed E-state index contributed by atoms with van der Waals surface area (Å²) in [4.78, 5) is 16.7. The highest BCUT2D eigenvalue weighted by Crippen LogP contribution is 2.22. The minimum atomic E-state index is 0.0606. The van der Waals surface area contributed by atoms with Gasteiger partial charge in [-0.05, 0) is 58.0 Å². The first-order valence-electron chi connectivity index (χ1n) is 6.71. The number of benzene rings is 1. The molecule has 1 unspecified atom stereocenters. The molecule has 0 spiro atoms. The lowest BCUT2D eigenvalue weighted by Gasteiger charge is -2.27. The van der Waals surface area contributed by atoms with Crippen molar-refractivity contribution in [2.75, 3.05) is 25.0 Å². The summed E-state index contributed by atoms with van der Waals surface area (Å²) in [6.07, 6.45) is 2.11. The van der Waals surface area contributed by atoms with Crippen molar-refractivity contribution in [3.05, 3.63) is 29.8 Å². The molecule has 0 aliphatic carbocycles. The zero-order valence-corrected chi connectivity index (χ0v) is 11.5. The van der Waals surface area contributed by atoms with E-state index in [2.05, 4.69) is 24.0 Å². The van der Waals surface area contributed by atoms with E-state index in [0.29, 0.717) is 0 Å². The lowest BCUT2D eigenvalue weighted by atomic mass is 10.1. The van der Waals surface area contributed by atoms with Crippen LogP contribution in [0.4, 0.5) is 5.69 Å². The molecule has 3 nitrogen and oxygen atoms in total. The largest absolute Gasteiger partial charge is 0.311 e. The summed E-state index contributed by atoms with van der Waals surface area (Å²) in [5.74, 6) is 0.239. The van der Waals surface area contributed by atoms with E-state index in [4.69, 9.17) is 0 Å². The van der Waals surface area contributed by atoms with Crippen molar-refractivity contribution in [1.29, 1.82) is 0 Å². The number of anilines is 1. The fraction of sp³-hybridized carbons (Fsp3) is 0.533. The lowest BCUT2D eigenvalue weighted by Crippen LogP contribution is -2.44. The van der Waals surface area contributed by atoms with E-state index >= 15 is 0 Å². The van der Waals surface area contributed by atoms with Crippen molar-refractivity contribution in [3.63, 3.8) is 0 Å². The molecule has 1 heterocycles. The molecular formula is C15H22N2O. The molecule has 1 aromatic rings. The van der Waals surface area contributed by atoms with E-state index in [-0.39, 0.29) is 11.9 Å². The molecule has 1 aliphatic heterocycles. The van der Waals surface area contributed by atoms with Crippen molar-refractivity contribution in [1.82, 2.24) is 4.90 Å². The van der Waals surface area contributed by atoms with Crippen LogP contribution in [0.2, 0.25) is 0 Å². The fourth-order valence-electron chi connectivity index (χ4n) is 2.66. The predicted molar refractivity (Wildman–Crippen MR) is 74.9 cm³/mol. The van der Waals surface area contributed by atoms with Crippen LogP contribution in [-0.4, -0.2) is 37.0 Å². The second-order valence-electron chi connectivity index (χ2n) is 5.06. The first kappa shape index (κ1) is 13.1. The van der Waals surface area contributed by atoms with Gasteiger partial charge in [0.2, 0.25) is 5.91 Å². The van der Waals surface area contributed by atoms with Crippen molar-refractivity contribution in [2.24, 2.45) is 0 Å². The van der Waals surface area contributed by atoms with Crippen LogP contribution in [0, 0.1) is 6.92 Å². The molecule has 1 fully saturated rings. The first-order valence-corrected chi connectivity index (χ1v) is 6.71. The summed E-state index contributed by atoms with van der Waals surface area (Å²) in [6.45, 7) is 5.85. The van der Waals surface area contributed by atoms with Crippen molar-refractivity contribution in [3.8, 4) is 0 Å². The van der Waals surface area contributed by atoms with Crippen LogP contribution in [0.5, 0.6) is 0 Å². The molecule has 1 amide bonds. The Kier molecular flexibility index (Phi) is 4.02. The molecule has 2 rings (SSSR count). The van der Waals surface area contributed by atoms with Gasteiger partial charge in [-0.3, -0.25) is 9.69 Å². The van der Waals surface area contributed by atoms with Crippen molar-refractivity contribution in [2.45, 2.75) is 32.7 Å². The number of carbonyl (C=O) groups excluding carboxylic acids is 1. The molecule has 18 heavy (non-hydrogen) atoms. The van der Waals surface area contributed by atoms with Gasteiger partial charge in [-0.15, -0.1) is 0 Å². The third kappa shape index (κ3) is 2.56. The van der Waals surface area contributed by atoms with Crippen LogP contribution in [0.15, 0.2) is 24.3 Å². The van der Waals surface area contributed by atoms with Crippen LogP contribution < -0.4 is 4.90 Å². The van der Waals surface area contributed by atoms with E-state index in [0.717, 1.165) is 31.6 Å². The Morgan fingerprint density at radius 2 is 2.28 bits per heavy atom. The van der Waals surface area contributed by atoms with Gasteiger partial charge in [0.15, 0.2) is 0 Å². The summed E-state index contributed by atoms with van der Waals surface area (Å²) in [5, 5.41) is 0. The van der Waals surface area contributed by atoms with E-state index < -0.39 is 0 Å². The zero-order chi connectivity index (χ0) is 13.1. The summed E-state index contributed by atoms with van der Waals surface area (Å²) in [5.41, 5.74) is 2.21. The average Bonchev–Trinajstić information content (AvgIpc) is 2.76. The topological polar surface area (TPSA) is 23.6 Å². The Hall–Kier alpha value is -1.35. The highest BCUT2D eigenvalue weighted by atomic mass is 16.2. The molecule has 1 aromatic carbocycles. The Morgan fingerprint density at radius 3 is 2.83 bits per heavy atom. The van der Waals surface area contributed by atoms with Gasteiger partial charge in [-0.1, -0.05) is 12.1 Å². The predicted octanol–water partition coefficient (Wildman–Crippen LogP) is 2.44. The lowest BCUT2D eigenvalue weighted by molar-refractivity contribution is -0.122. The normalized spacial score (nSPS) is 20.1. The van der Waals surface area contributed by atoms with E-state index in [9.17, 15) is 4.79 Å². The molecule has 0 N–H and O–H groups in total. The number of aryl methyl sites for hydroxylation is 1. The van der Waals surface area contributed by atoms with E-state index in [1.807, 2.05) is 31.0 Å². The van der Waals surface area contributed by atoms with Crippen LogP contribution >= 0.6 is 0 Å². The average molecular weight is 246 g/mol. The number of rotatable bonds is 3. The Morgan fingerprint density at radius 1 is 1.50 bits per heavy atom. The zero-order valence-electron chi connectivity index (χ0n) is 11.5. The summed E-state index contributed by atoms with van der Waals surface area (Å²) in [7, 11) is 2.04. The molecule has 0 aromatic heterocycles. The molecule has 3 heteroatoms. The standard InChI is InChI=1S/C15H22N2O/c1-4-17(13-8-5-7-12(2)11-13)15(18)14-9-6-10-16(14)3/h5,7-8,11,14H,4,6,9-10H2,1-3H3. The minimum absolute atomic E-state index is 0.0606. The van der Waals surface area contributed by atoms with Gasteiger partial charge < -0.3 is 4.90 Å². The number of nitrogens with zero attached hydrogens (tertiary/aromatic N) is 2. The highest BCUT2D eigenvalue weighted by Gasteiger charge is 2.31. The van der Waals surface area contributed by atoms with Crippen LogP contribution in [0.25, 0.3) is 0 Å². The molecule has 1 aliphatic rings. The summed E-state index contributed by atoms with van der Waals surface area (Å²) < 4.78 is 0. The maximum atomic E-state index is 12.6. The van der Waals surface area contributed by atoms with Gasteiger partial charge in [0.25, 0.3) is 0 Å². The number of hydrogen-bond donors (Lipinski definition) is 0. The molecule has 1 atom stereocenters. The SMILES string of the molecule is CCN(C(=O)C1CCCN1C)c1cccc(C)c1. The third-order valence-electron chi connectivity index (χ3n) is 3.70. The van der Waals surface area contributed by atoms with Gasteiger partial charge in [-0.2, -0.15) is 0 Å². The molecular weight excluding hydrogens is 224 g/mol. The number of amides is 1. The monoisotopic (exact) mass is 246 g/mol. The van der Waals surface area contributed by atoms with Gasteiger partial charge in [0.05, 0.1) is 6.04 Å². The number of hydrogen-bond acceptors (Lipinski definition) is 2. The maximum absolute atomic E-state index is 12.6. The van der Waals surface area contributed by atoms with Crippen LogP contribution in [0.1, 0.15) is 25.3 Å². The molecule has 98 valence electrons.